The molecule has 11 nitrogen and oxygen atoms in total. The fourth-order valence-electron chi connectivity index (χ4n) is 5.37. The summed E-state index contributed by atoms with van der Waals surface area (Å²) in [7, 11) is 5.77. The number of nitrogens with one attached hydrogen (secondary N) is 1. The van der Waals surface area contributed by atoms with Crippen LogP contribution in [-0.2, 0) is 11.3 Å². The highest BCUT2D eigenvalue weighted by molar-refractivity contribution is 6.08. The quantitative estimate of drug-likeness (QED) is 0.132. The van der Waals surface area contributed by atoms with Crippen molar-refractivity contribution in [1.29, 1.82) is 0 Å². The number of hydrogen-bond acceptors (Lipinski definition) is 9. The van der Waals surface area contributed by atoms with Crippen molar-refractivity contribution in [2.45, 2.75) is 6.61 Å². The Balaban J connectivity index is 0.00000250. The Morgan fingerprint density at radius 3 is 2.15 bits per heavy atom. The van der Waals surface area contributed by atoms with E-state index in [-0.39, 0.29) is 37.1 Å². The molecule has 47 heavy (non-hydrogen) atoms. The number of halogens is 2. The van der Waals surface area contributed by atoms with Gasteiger partial charge in [-0.3, -0.25) is 9.36 Å². The first kappa shape index (κ1) is 34.5. The topological polar surface area (TPSA) is 140 Å². The highest BCUT2D eigenvalue weighted by Gasteiger charge is 2.27. The van der Waals surface area contributed by atoms with Crippen molar-refractivity contribution in [1.82, 2.24) is 14.5 Å². The number of H-pyrrole nitrogens is 1. The molecule has 6 rings (SSSR count). The Bertz CT molecular complexity index is 2070. The van der Waals surface area contributed by atoms with Gasteiger partial charge in [0.1, 0.15) is 23.9 Å². The number of rotatable bonds is 9. The number of nitrogens with two attached hydrogens (primary N) is 1. The molecular weight excluding hydrogens is 647 g/mol. The third-order valence-corrected chi connectivity index (χ3v) is 7.45. The molecule has 6 aromatic rings. The Labute approximate surface area is 282 Å². The van der Waals surface area contributed by atoms with Crippen LogP contribution in [0.3, 0.4) is 0 Å². The summed E-state index contributed by atoms with van der Waals surface area (Å²) in [5.74, 6) is 1.46. The van der Waals surface area contributed by atoms with Crippen LogP contribution in [0.4, 0.5) is 5.69 Å². The van der Waals surface area contributed by atoms with Crippen molar-refractivity contribution in [3.8, 4) is 39.8 Å². The molecule has 13 heteroatoms. The van der Waals surface area contributed by atoms with E-state index in [0.717, 1.165) is 11.0 Å². The number of methoxy groups -OCH3 is 4. The van der Waals surface area contributed by atoms with Crippen molar-refractivity contribution >= 4 is 58.3 Å². The minimum Gasteiger partial charge on any atom is -0.493 e. The fourth-order valence-corrected chi connectivity index (χ4v) is 5.37. The Morgan fingerprint density at radius 2 is 1.53 bits per heavy atom. The number of para-hydroxylation sites is 2. The molecule has 0 saturated heterocycles. The van der Waals surface area contributed by atoms with Crippen molar-refractivity contribution < 1.29 is 28.5 Å². The Morgan fingerprint density at radius 1 is 0.851 bits per heavy atom. The lowest BCUT2D eigenvalue weighted by Crippen LogP contribution is -2.27. The molecule has 3 N–H and O–H groups in total. The van der Waals surface area contributed by atoms with E-state index in [1.54, 1.807) is 54.6 Å². The van der Waals surface area contributed by atoms with Gasteiger partial charge >= 0.3 is 5.97 Å². The predicted molar refractivity (Wildman–Crippen MR) is 185 cm³/mol. The first-order valence-electron chi connectivity index (χ1n) is 13.9. The summed E-state index contributed by atoms with van der Waals surface area (Å²) in [5.41, 5.74) is 9.07. The second kappa shape index (κ2) is 14.4. The lowest BCUT2D eigenvalue weighted by atomic mass is 9.95. The summed E-state index contributed by atoms with van der Waals surface area (Å²) in [6.45, 7) is 0.145. The lowest BCUT2D eigenvalue weighted by Gasteiger charge is -2.21. The second-order valence-corrected chi connectivity index (χ2v) is 10.1. The molecule has 0 aliphatic heterocycles. The number of pyridine rings is 1. The zero-order chi connectivity index (χ0) is 31.7. The first-order valence-corrected chi connectivity index (χ1v) is 13.9. The van der Waals surface area contributed by atoms with Gasteiger partial charge in [-0.15, -0.1) is 24.8 Å². The van der Waals surface area contributed by atoms with E-state index in [1.165, 1.54) is 33.0 Å². The van der Waals surface area contributed by atoms with Crippen LogP contribution in [0, 0.1) is 0 Å². The first-order chi connectivity index (χ1) is 21.9. The zero-order valence-electron chi connectivity index (χ0n) is 25.9. The van der Waals surface area contributed by atoms with Gasteiger partial charge < -0.3 is 34.4 Å². The van der Waals surface area contributed by atoms with Crippen LogP contribution in [0.25, 0.3) is 38.6 Å². The van der Waals surface area contributed by atoms with E-state index in [0.29, 0.717) is 62.1 Å². The number of aromatic nitrogens is 3. The molecule has 2 aromatic heterocycles. The number of ether oxygens (including phenoxy) is 5. The molecule has 0 bridgehead atoms. The van der Waals surface area contributed by atoms with E-state index in [1.807, 2.05) is 24.3 Å². The molecule has 0 spiro atoms. The van der Waals surface area contributed by atoms with Gasteiger partial charge in [-0.1, -0.05) is 12.1 Å². The SMILES string of the molecule is COC(=O)c1c(-c2cc(OC)c(OC)c(OC)c2)c2ccc(OCc3nc4ccccc4[nH]3)cc2c(=O)n1-c1ccc(N)cc1.Cl.Cl. The van der Waals surface area contributed by atoms with Crippen molar-refractivity contribution in [3.63, 3.8) is 0 Å². The smallest absolute Gasteiger partial charge is 0.355 e. The van der Waals surface area contributed by atoms with Crippen molar-refractivity contribution in [2.24, 2.45) is 0 Å². The number of imidazole rings is 1. The predicted octanol–water partition coefficient (Wildman–Crippen LogP) is 6.35. The second-order valence-electron chi connectivity index (χ2n) is 10.1. The molecule has 0 aliphatic rings. The maximum absolute atomic E-state index is 14.3. The molecule has 0 atom stereocenters. The summed E-state index contributed by atoms with van der Waals surface area (Å²) in [6.07, 6.45) is 0. The molecule has 0 radical (unpaired) electrons. The van der Waals surface area contributed by atoms with Gasteiger partial charge in [-0.2, -0.15) is 0 Å². The van der Waals surface area contributed by atoms with Gasteiger partial charge in [0.15, 0.2) is 11.5 Å². The molecule has 0 saturated carbocycles. The number of aromatic amines is 1. The fraction of sp³-hybridized carbons (Fsp3) is 0.147. The Hall–Kier alpha value is -5.39. The molecule has 4 aromatic carbocycles. The number of nitrogen functional groups attached to an aromatic ring is 1. The molecule has 0 unspecified atom stereocenters. The normalized spacial score (nSPS) is 10.6. The van der Waals surface area contributed by atoms with E-state index >= 15 is 0 Å². The number of carbonyl (C=O) groups is 1. The monoisotopic (exact) mass is 678 g/mol. The van der Waals surface area contributed by atoms with Gasteiger partial charge in [0, 0.05) is 16.9 Å². The maximum Gasteiger partial charge on any atom is 0.355 e. The van der Waals surface area contributed by atoms with Crippen LogP contribution >= 0.6 is 24.8 Å². The molecule has 0 amide bonds. The minimum absolute atomic E-state index is 0. The van der Waals surface area contributed by atoms with Crippen LogP contribution in [0.5, 0.6) is 23.0 Å². The maximum atomic E-state index is 14.3. The lowest BCUT2D eigenvalue weighted by molar-refractivity contribution is 0.0591. The van der Waals surface area contributed by atoms with E-state index in [9.17, 15) is 9.59 Å². The third kappa shape index (κ3) is 6.35. The highest BCUT2D eigenvalue weighted by atomic mass is 35.5. The van der Waals surface area contributed by atoms with Crippen LogP contribution < -0.4 is 30.2 Å². The highest BCUT2D eigenvalue weighted by Crippen LogP contribution is 2.44. The summed E-state index contributed by atoms with van der Waals surface area (Å²) < 4.78 is 29.4. The summed E-state index contributed by atoms with van der Waals surface area (Å²) in [6, 6.07) is 22.9. The molecule has 0 fully saturated rings. The number of nitrogens with zero attached hydrogens (tertiary/aromatic N) is 2. The van der Waals surface area contributed by atoms with Crippen molar-refractivity contribution in [3.05, 3.63) is 101 Å². The van der Waals surface area contributed by atoms with Crippen molar-refractivity contribution in [2.75, 3.05) is 34.2 Å². The molecule has 0 aliphatic carbocycles. The van der Waals surface area contributed by atoms with E-state index in [2.05, 4.69) is 9.97 Å². The number of benzene rings is 4. The summed E-state index contributed by atoms with van der Waals surface area (Å²) in [4.78, 5) is 35.7. The Kier molecular flexibility index (Phi) is 10.5. The number of carbonyl (C=O) groups excluding carboxylic acids is 1. The van der Waals surface area contributed by atoms with Gasteiger partial charge in [-0.05, 0) is 77.7 Å². The van der Waals surface area contributed by atoms with Crippen LogP contribution in [0.1, 0.15) is 16.3 Å². The van der Waals surface area contributed by atoms with Gasteiger partial charge in [-0.25, -0.2) is 9.78 Å². The van der Waals surface area contributed by atoms with Crippen LogP contribution in [0.15, 0.2) is 83.7 Å². The number of hydrogen-bond donors (Lipinski definition) is 2. The molecule has 2 heterocycles. The van der Waals surface area contributed by atoms with E-state index < -0.39 is 11.5 Å². The summed E-state index contributed by atoms with van der Waals surface area (Å²) >= 11 is 0. The number of anilines is 1. The average Bonchev–Trinajstić information content (AvgIpc) is 3.50. The van der Waals surface area contributed by atoms with Gasteiger partial charge in [0.05, 0.1) is 44.9 Å². The van der Waals surface area contributed by atoms with E-state index in [4.69, 9.17) is 29.4 Å². The summed E-state index contributed by atoms with van der Waals surface area (Å²) in [5, 5.41) is 0.780. The average molecular weight is 680 g/mol. The standard InChI is InChI=1S/C34H30N4O7.2ClH/c1-41-27-15-19(16-28(42-2)32(27)43-3)30-23-14-13-22(45-18-29-36-25-7-5-6-8-26(25)37-29)17-24(23)33(39)38(31(30)34(40)44-4)21-11-9-20(35)10-12-21;;/h5-17H,18,35H2,1-4H3,(H,36,37);2*1H. The molecular formula is C34H32Cl2N4O7. The van der Waals surface area contributed by atoms with Crippen LogP contribution in [-0.4, -0.2) is 48.9 Å². The minimum atomic E-state index is -0.722. The number of esters is 1. The largest absolute Gasteiger partial charge is 0.493 e. The van der Waals surface area contributed by atoms with Gasteiger partial charge in [0.2, 0.25) is 5.75 Å². The number of fused-ring (bicyclic) bond motifs is 2. The molecule has 244 valence electrons. The van der Waals surface area contributed by atoms with Crippen LogP contribution in [0.2, 0.25) is 0 Å². The third-order valence-electron chi connectivity index (χ3n) is 7.45. The zero-order valence-corrected chi connectivity index (χ0v) is 27.5. The van der Waals surface area contributed by atoms with Gasteiger partial charge in [0.25, 0.3) is 5.56 Å².